The molecule has 0 aliphatic heterocycles. The molecule has 0 unspecified atom stereocenters. The molecule has 21 heavy (non-hydrogen) atoms. The summed E-state index contributed by atoms with van der Waals surface area (Å²) in [7, 11) is 0.186. The van der Waals surface area contributed by atoms with Crippen molar-refractivity contribution < 1.29 is 4.57 Å². The van der Waals surface area contributed by atoms with Crippen molar-refractivity contribution in [2.75, 3.05) is 6.66 Å². The van der Waals surface area contributed by atoms with Crippen molar-refractivity contribution in [1.82, 2.24) is 0 Å². The van der Waals surface area contributed by atoms with Crippen LogP contribution < -0.4 is 20.6 Å². The average Bonchev–Trinajstić information content (AvgIpc) is 2.56. The molecule has 0 bridgehead atoms. The van der Waals surface area contributed by atoms with Gasteiger partial charge in [0.15, 0.2) is 0 Å². The minimum absolute atomic E-state index is 1.42. The molecule has 0 atom stereocenters. The van der Waals surface area contributed by atoms with Gasteiger partial charge in [-0.05, 0) is 0 Å². The Labute approximate surface area is 127 Å². The summed E-state index contributed by atoms with van der Waals surface area (Å²) in [5.74, 6) is 0. The molecule has 2 aromatic carbocycles. The molecule has 0 saturated carbocycles. The van der Waals surface area contributed by atoms with Crippen molar-refractivity contribution in [2.45, 2.75) is 0 Å². The van der Waals surface area contributed by atoms with E-state index in [0.29, 0.717) is 0 Å². The fourth-order valence-electron chi connectivity index (χ4n) is 3.05. The number of pyridine rings is 1. The number of rotatable bonds is 3. The molecule has 0 N–H and O–H groups in total. The molecule has 0 saturated heterocycles. The summed E-state index contributed by atoms with van der Waals surface area (Å²) in [6, 6.07) is 28.4. The van der Waals surface area contributed by atoms with Crippen LogP contribution in [0.15, 0.2) is 85.1 Å². The molecule has 0 aliphatic carbocycles. The second-order valence-corrected chi connectivity index (χ2v) is 9.47. The van der Waals surface area contributed by atoms with E-state index in [2.05, 4.69) is 103 Å². The monoisotopic (exact) mass is 294 g/mol. The Morgan fingerprint density at radius 2 is 1.14 bits per heavy atom. The van der Waals surface area contributed by atoms with E-state index in [1.807, 2.05) is 0 Å². The van der Waals surface area contributed by atoms with Gasteiger partial charge in [-0.1, -0.05) is 0 Å². The van der Waals surface area contributed by atoms with Gasteiger partial charge in [0.25, 0.3) is 0 Å². The molecule has 1 aromatic heterocycles. The van der Waals surface area contributed by atoms with E-state index in [0.717, 1.165) is 0 Å². The molecule has 0 aliphatic rings. The third kappa shape index (κ3) is 2.50. The van der Waals surface area contributed by atoms with Gasteiger partial charge < -0.3 is 0 Å². The van der Waals surface area contributed by atoms with Crippen LogP contribution in [0.4, 0.5) is 0 Å². The van der Waals surface area contributed by atoms with E-state index in [-0.39, 0.29) is 0 Å². The zero-order valence-electron chi connectivity index (χ0n) is 12.5. The van der Waals surface area contributed by atoms with Crippen LogP contribution in [0, 0.1) is 0 Å². The molecule has 0 amide bonds. The van der Waals surface area contributed by atoms with Crippen LogP contribution in [-0.4, -0.2) is 6.66 Å². The summed E-state index contributed by atoms with van der Waals surface area (Å²) < 4.78 is 2.27. The van der Waals surface area contributed by atoms with Crippen molar-refractivity contribution in [1.29, 1.82) is 0 Å². The average molecular weight is 294 g/mol. The van der Waals surface area contributed by atoms with E-state index in [9.17, 15) is 0 Å². The molecule has 2 heteroatoms. The third-order valence-corrected chi connectivity index (χ3v) is 8.79. The van der Waals surface area contributed by atoms with E-state index >= 15 is 0 Å². The topological polar surface area (TPSA) is 3.88 Å². The Morgan fingerprint density at radius 3 is 1.62 bits per heavy atom. The van der Waals surface area contributed by atoms with E-state index in [4.69, 9.17) is 0 Å². The predicted molar refractivity (Wildman–Crippen MR) is 93.6 cm³/mol. The van der Waals surface area contributed by atoms with Gasteiger partial charge in [-0.25, -0.2) is 0 Å². The second kappa shape index (κ2) is 5.79. The van der Waals surface area contributed by atoms with Gasteiger partial charge in [0.05, 0.1) is 0 Å². The van der Waals surface area contributed by atoms with Crippen molar-refractivity contribution in [2.24, 2.45) is 7.05 Å². The summed E-state index contributed by atoms with van der Waals surface area (Å²) >= 11 is 0. The van der Waals surface area contributed by atoms with Crippen molar-refractivity contribution in [3.8, 4) is 0 Å². The first-order chi connectivity index (χ1) is 10.2. The first-order valence-electron chi connectivity index (χ1n) is 7.29. The van der Waals surface area contributed by atoms with Gasteiger partial charge in [-0.15, -0.1) is 0 Å². The molecule has 3 rings (SSSR count). The molecule has 0 fully saturated rings. The quantitative estimate of drug-likeness (QED) is 0.515. The molecular formula is C19H21NP+. The van der Waals surface area contributed by atoms with Crippen LogP contribution in [0.1, 0.15) is 0 Å². The van der Waals surface area contributed by atoms with Crippen LogP contribution >= 0.6 is 7.26 Å². The van der Waals surface area contributed by atoms with Gasteiger partial charge in [0, 0.05) is 0 Å². The molecule has 1 nitrogen and oxygen atoms in total. The molecular weight excluding hydrogens is 273 g/mol. The number of benzene rings is 2. The van der Waals surface area contributed by atoms with E-state index < -0.39 is 7.26 Å². The predicted octanol–water partition coefficient (Wildman–Crippen LogP) is 2.17. The Hall–Kier alpha value is -1.98. The van der Waals surface area contributed by atoms with Gasteiger partial charge in [0.1, 0.15) is 0 Å². The van der Waals surface area contributed by atoms with Crippen molar-refractivity contribution >= 4 is 23.3 Å². The van der Waals surface area contributed by atoms with Crippen molar-refractivity contribution in [3.05, 3.63) is 85.1 Å². The first-order valence-corrected chi connectivity index (χ1v) is 9.79. The number of aromatic nitrogens is 1. The second-order valence-electron chi connectivity index (χ2n) is 5.55. The third-order valence-electron chi connectivity index (χ3n) is 4.27. The van der Waals surface area contributed by atoms with E-state index in [1.165, 1.54) is 16.0 Å². The zero-order valence-corrected chi connectivity index (χ0v) is 13.5. The van der Waals surface area contributed by atoms with Crippen LogP contribution in [0.3, 0.4) is 0 Å². The molecule has 106 valence electrons. The number of nitrogens with zero attached hydrogens (tertiary/aromatic N) is 1. The molecule has 3 aromatic rings. The maximum atomic E-state index is 2.44. The van der Waals surface area contributed by atoms with Crippen molar-refractivity contribution in [3.63, 3.8) is 0 Å². The summed E-state index contributed by atoms with van der Waals surface area (Å²) in [5, 5.41) is 2.89. The van der Waals surface area contributed by atoms with Gasteiger partial charge >= 0.3 is 127 Å². The summed E-state index contributed by atoms with van der Waals surface area (Å²) in [6.07, 6.45) is 2.15. The molecule has 0 radical (unpaired) electrons. The molecule has 1 heterocycles. The number of aryl methyl sites for hydroxylation is 1. The summed E-state index contributed by atoms with van der Waals surface area (Å²) in [6.45, 7) is 2.44. The Kier molecular flexibility index (Phi) is 3.86. The van der Waals surface area contributed by atoms with Crippen LogP contribution in [-0.2, 0) is 7.05 Å². The summed E-state index contributed by atoms with van der Waals surface area (Å²) in [5.41, 5.74) is 1.42. The van der Waals surface area contributed by atoms with Crippen LogP contribution in [0.2, 0.25) is 0 Å². The Morgan fingerprint density at radius 1 is 0.667 bits per heavy atom. The first kappa shape index (κ1) is 14.0. The Bertz CT molecular complexity index is 683. The van der Waals surface area contributed by atoms with E-state index in [1.54, 1.807) is 0 Å². The van der Waals surface area contributed by atoms with Crippen LogP contribution in [0.25, 0.3) is 0 Å². The van der Waals surface area contributed by atoms with Gasteiger partial charge in [-0.3, -0.25) is 0 Å². The van der Waals surface area contributed by atoms with Crippen LogP contribution in [0.5, 0.6) is 0 Å². The maximum absolute atomic E-state index is 2.44. The standard InChI is InChI=1S/C19H21NP/c1-20-16-10-9-15-19(20)21(2,17-11-5-3-6-12-17)18-13-7-4-8-14-18/h3-16,21H,1-2H3/q+1. The minimum atomic E-state index is -1.96. The normalized spacial score (nSPS) is 12.1. The fourth-order valence-corrected chi connectivity index (χ4v) is 6.90. The fraction of sp³-hybridized carbons (Fsp3) is 0.105. The Balaban J connectivity index is 2.29. The summed E-state index contributed by atoms with van der Waals surface area (Å²) in [4.78, 5) is 0. The molecule has 0 spiro atoms. The van der Waals surface area contributed by atoms with Gasteiger partial charge in [0.2, 0.25) is 0 Å². The SMILES string of the molecule is C[n+]1ccccc1[PH](C)(c1ccccc1)c1ccccc1. The number of hydrogen-bond acceptors (Lipinski definition) is 0. The van der Waals surface area contributed by atoms with Gasteiger partial charge in [-0.2, -0.15) is 0 Å². The number of hydrogen-bond donors (Lipinski definition) is 0. The zero-order chi connectivity index (χ0) is 14.7.